The number of nitrogen functional groups attached to an aromatic ring is 1. The van der Waals surface area contributed by atoms with Gasteiger partial charge in [0, 0.05) is 6.54 Å². The van der Waals surface area contributed by atoms with Crippen molar-refractivity contribution in [2.75, 3.05) is 18.8 Å². The van der Waals surface area contributed by atoms with Crippen LogP contribution in [0.25, 0.3) is 0 Å². The summed E-state index contributed by atoms with van der Waals surface area (Å²) in [4.78, 5) is 23.2. The largest absolute Gasteiger partial charge is 0.395 e. The minimum absolute atomic E-state index is 0.0812. The van der Waals surface area contributed by atoms with Crippen molar-refractivity contribution >= 4 is 17.5 Å². The summed E-state index contributed by atoms with van der Waals surface area (Å²) in [7, 11) is 0. The number of nitrogens with two attached hydrogens (primary N) is 1. The zero-order valence-corrected chi connectivity index (χ0v) is 11.5. The SMILES string of the molecule is CCCNC(=O)CNC(=O)c1n[nH]c(C(C)C)c1N. The van der Waals surface area contributed by atoms with Crippen molar-refractivity contribution in [2.45, 2.75) is 33.1 Å². The molecule has 0 bridgehead atoms. The fraction of sp³-hybridized carbons (Fsp3) is 0.583. The highest BCUT2D eigenvalue weighted by atomic mass is 16.2. The molecule has 19 heavy (non-hydrogen) atoms. The van der Waals surface area contributed by atoms with Crippen molar-refractivity contribution in [3.8, 4) is 0 Å². The Kier molecular flexibility index (Phi) is 5.35. The third-order valence-corrected chi connectivity index (χ3v) is 2.61. The van der Waals surface area contributed by atoms with Crippen LogP contribution in [0.15, 0.2) is 0 Å². The average molecular weight is 267 g/mol. The molecule has 5 N–H and O–H groups in total. The van der Waals surface area contributed by atoms with Crippen LogP contribution in [0.5, 0.6) is 0 Å². The fourth-order valence-corrected chi connectivity index (χ4v) is 1.55. The topological polar surface area (TPSA) is 113 Å². The summed E-state index contributed by atoms with van der Waals surface area (Å²) in [5.41, 5.74) is 7.03. The second kappa shape index (κ2) is 6.77. The van der Waals surface area contributed by atoms with Crippen LogP contribution in [0.2, 0.25) is 0 Å². The van der Waals surface area contributed by atoms with Crippen LogP contribution >= 0.6 is 0 Å². The molecule has 0 radical (unpaired) electrons. The molecular weight excluding hydrogens is 246 g/mol. The number of H-pyrrole nitrogens is 1. The highest BCUT2D eigenvalue weighted by Crippen LogP contribution is 2.21. The van der Waals surface area contributed by atoms with E-state index in [0.29, 0.717) is 12.2 Å². The molecule has 0 saturated carbocycles. The number of carbonyl (C=O) groups is 2. The molecule has 0 atom stereocenters. The van der Waals surface area contributed by atoms with Gasteiger partial charge in [0.05, 0.1) is 17.9 Å². The van der Waals surface area contributed by atoms with E-state index < -0.39 is 5.91 Å². The summed E-state index contributed by atoms with van der Waals surface area (Å²) in [5, 5.41) is 11.8. The van der Waals surface area contributed by atoms with Gasteiger partial charge in [-0.15, -0.1) is 0 Å². The molecule has 1 rings (SSSR count). The monoisotopic (exact) mass is 267 g/mol. The first-order valence-electron chi connectivity index (χ1n) is 6.36. The van der Waals surface area contributed by atoms with Gasteiger partial charge >= 0.3 is 0 Å². The molecule has 0 aromatic carbocycles. The molecule has 0 aliphatic carbocycles. The highest BCUT2D eigenvalue weighted by molar-refractivity contribution is 5.99. The smallest absolute Gasteiger partial charge is 0.274 e. The standard InChI is InChI=1S/C12H21N5O2/c1-4-5-14-8(18)6-15-12(19)11-9(13)10(7(2)3)16-17-11/h7H,4-6,13H2,1-3H3,(H,14,18)(H,15,19)(H,16,17). The van der Waals surface area contributed by atoms with Crippen LogP contribution < -0.4 is 16.4 Å². The van der Waals surface area contributed by atoms with E-state index in [-0.39, 0.29) is 24.1 Å². The van der Waals surface area contributed by atoms with E-state index in [4.69, 9.17) is 5.73 Å². The van der Waals surface area contributed by atoms with Crippen LogP contribution in [0.3, 0.4) is 0 Å². The molecule has 106 valence electrons. The average Bonchev–Trinajstić information content (AvgIpc) is 2.75. The van der Waals surface area contributed by atoms with E-state index >= 15 is 0 Å². The second-order valence-electron chi connectivity index (χ2n) is 4.59. The maximum atomic E-state index is 11.8. The van der Waals surface area contributed by atoms with Crippen LogP contribution in [0, 0.1) is 0 Å². The number of aromatic nitrogens is 2. The van der Waals surface area contributed by atoms with E-state index in [1.165, 1.54) is 0 Å². The number of nitrogens with one attached hydrogen (secondary N) is 3. The first-order valence-corrected chi connectivity index (χ1v) is 6.36. The normalized spacial score (nSPS) is 10.5. The molecule has 0 unspecified atom stereocenters. The minimum Gasteiger partial charge on any atom is -0.395 e. The lowest BCUT2D eigenvalue weighted by Crippen LogP contribution is -2.37. The zero-order chi connectivity index (χ0) is 14.4. The zero-order valence-electron chi connectivity index (χ0n) is 11.5. The molecule has 1 aromatic heterocycles. The van der Waals surface area contributed by atoms with Crippen LogP contribution in [-0.4, -0.2) is 35.1 Å². The maximum absolute atomic E-state index is 11.8. The number of hydrogen-bond donors (Lipinski definition) is 4. The van der Waals surface area contributed by atoms with E-state index in [1.807, 2.05) is 20.8 Å². The van der Waals surface area contributed by atoms with Crippen LogP contribution in [-0.2, 0) is 4.79 Å². The molecule has 2 amide bonds. The Morgan fingerprint density at radius 2 is 2.05 bits per heavy atom. The van der Waals surface area contributed by atoms with E-state index in [2.05, 4.69) is 20.8 Å². The third-order valence-electron chi connectivity index (χ3n) is 2.61. The molecule has 0 aliphatic rings. The molecule has 7 heteroatoms. The predicted octanol–water partition coefficient (Wildman–Crippen LogP) is 0.371. The number of carbonyl (C=O) groups excluding carboxylic acids is 2. The Labute approximate surface area is 112 Å². The van der Waals surface area contributed by atoms with Crippen molar-refractivity contribution in [2.24, 2.45) is 0 Å². The molecule has 0 saturated heterocycles. The van der Waals surface area contributed by atoms with Crippen molar-refractivity contribution < 1.29 is 9.59 Å². The first kappa shape index (κ1) is 15.0. The number of amides is 2. The summed E-state index contributed by atoms with van der Waals surface area (Å²) in [5.74, 6) is -0.525. The Bertz CT molecular complexity index is 453. The van der Waals surface area contributed by atoms with Crippen molar-refractivity contribution in [3.05, 3.63) is 11.4 Å². The van der Waals surface area contributed by atoms with Gasteiger partial charge in [0.1, 0.15) is 0 Å². The van der Waals surface area contributed by atoms with E-state index in [9.17, 15) is 9.59 Å². The quantitative estimate of drug-likeness (QED) is 0.596. The predicted molar refractivity (Wildman–Crippen MR) is 72.7 cm³/mol. The number of nitrogens with zero attached hydrogens (tertiary/aromatic N) is 1. The van der Waals surface area contributed by atoms with Gasteiger partial charge in [0.15, 0.2) is 5.69 Å². The van der Waals surface area contributed by atoms with Gasteiger partial charge in [0.25, 0.3) is 5.91 Å². The summed E-state index contributed by atoms with van der Waals surface area (Å²) >= 11 is 0. The van der Waals surface area contributed by atoms with Crippen molar-refractivity contribution in [3.63, 3.8) is 0 Å². The third kappa shape index (κ3) is 3.97. The van der Waals surface area contributed by atoms with Gasteiger partial charge in [0.2, 0.25) is 5.91 Å². The van der Waals surface area contributed by atoms with Crippen molar-refractivity contribution in [1.82, 2.24) is 20.8 Å². The minimum atomic E-state index is -0.452. The maximum Gasteiger partial charge on any atom is 0.274 e. The number of hydrogen-bond acceptors (Lipinski definition) is 4. The fourth-order valence-electron chi connectivity index (χ4n) is 1.55. The van der Waals surface area contributed by atoms with Gasteiger partial charge in [-0.2, -0.15) is 5.10 Å². The summed E-state index contributed by atoms with van der Waals surface area (Å²) in [6, 6.07) is 0. The van der Waals surface area contributed by atoms with E-state index in [1.54, 1.807) is 0 Å². The molecule has 1 heterocycles. The lowest BCUT2D eigenvalue weighted by Gasteiger charge is -2.05. The van der Waals surface area contributed by atoms with Crippen LogP contribution in [0.4, 0.5) is 5.69 Å². The van der Waals surface area contributed by atoms with Gasteiger partial charge < -0.3 is 16.4 Å². The lowest BCUT2D eigenvalue weighted by atomic mass is 10.1. The van der Waals surface area contributed by atoms with Crippen LogP contribution in [0.1, 0.15) is 49.3 Å². The Hall–Kier alpha value is -2.05. The number of anilines is 1. The van der Waals surface area contributed by atoms with E-state index in [0.717, 1.165) is 12.1 Å². The van der Waals surface area contributed by atoms with Gasteiger partial charge in [-0.3, -0.25) is 14.7 Å². The lowest BCUT2D eigenvalue weighted by molar-refractivity contribution is -0.120. The first-order chi connectivity index (χ1) is 8.97. The molecular formula is C12H21N5O2. The molecule has 0 spiro atoms. The summed E-state index contributed by atoms with van der Waals surface area (Å²) in [6.07, 6.45) is 0.851. The second-order valence-corrected chi connectivity index (χ2v) is 4.59. The van der Waals surface area contributed by atoms with Gasteiger partial charge in [-0.25, -0.2) is 0 Å². The Morgan fingerprint density at radius 3 is 2.58 bits per heavy atom. The Balaban J connectivity index is 2.57. The number of aromatic amines is 1. The molecule has 0 aliphatic heterocycles. The molecule has 0 fully saturated rings. The summed E-state index contributed by atoms with van der Waals surface area (Å²) in [6.45, 7) is 6.36. The molecule has 7 nitrogen and oxygen atoms in total. The van der Waals surface area contributed by atoms with Gasteiger partial charge in [-0.05, 0) is 12.3 Å². The molecule has 1 aromatic rings. The highest BCUT2D eigenvalue weighted by Gasteiger charge is 2.19. The Morgan fingerprint density at radius 1 is 1.37 bits per heavy atom. The van der Waals surface area contributed by atoms with Gasteiger partial charge in [-0.1, -0.05) is 20.8 Å². The summed E-state index contributed by atoms with van der Waals surface area (Å²) < 4.78 is 0. The number of rotatable bonds is 6. The van der Waals surface area contributed by atoms with Crippen molar-refractivity contribution in [1.29, 1.82) is 0 Å².